The van der Waals surface area contributed by atoms with E-state index in [2.05, 4.69) is 30.1 Å². The first-order valence-corrected chi connectivity index (χ1v) is 7.59. The average molecular weight is 274 g/mol. The molecule has 1 aliphatic heterocycles. The van der Waals surface area contributed by atoms with Crippen LogP contribution in [0.4, 0.5) is 5.69 Å². The van der Waals surface area contributed by atoms with Crippen LogP contribution in [0.3, 0.4) is 0 Å². The largest absolute Gasteiger partial charge is 0.324 e. The number of likely N-dealkylation sites (tertiary alicyclic amines) is 1. The monoisotopic (exact) mass is 274 g/mol. The zero-order valence-corrected chi connectivity index (χ0v) is 13.1. The highest BCUT2D eigenvalue weighted by Crippen LogP contribution is 2.20. The van der Waals surface area contributed by atoms with Crippen LogP contribution in [0.25, 0.3) is 0 Å². The summed E-state index contributed by atoms with van der Waals surface area (Å²) in [6, 6.07) is 6.08. The molecule has 20 heavy (non-hydrogen) atoms. The molecule has 1 aromatic rings. The van der Waals surface area contributed by atoms with Crippen LogP contribution in [0, 0.1) is 19.8 Å². The minimum absolute atomic E-state index is 0.0526. The molecule has 1 heterocycles. The Morgan fingerprint density at radius 3 is 2.55 bits per heavy atom. The standard InChI is InChI=1S/C17H26N2O/c1-12-7-9-19(10-8-12)15(4)17(20)18-16-6-5-13(2)11-14(16)3/h5-6,11-12,15H,7-10H2,1-4H3,(H,18,20). The predicted octanol–water partition coefficient (Wildman–Crippen LogP) is 3.36. The highest BCUT2D eigenvalue weighted by atomic mass is 16.2. The Bertz CT molecular complexity index is 476. The van der Waals surface area contributed by atoms with Gasteiger partial charge in [-0.3, -0.25) is 9.69 Å². The van der Waals surface area contributed by atoms with Crippen molar-refractivity contribution in [3.05, 3.63) is 29.3 Å². The number of nitrogens with one attached hydrogen (secondary N) is 1. The number of carbonyl (C=O) groups excluding carboxylic acids is 1. The van der Waals surface area contributed by atoms with E-state index in [4.69, 9.17) is 0 Å². The molecule has 1 amide bonds. The van der Waals surface area contributed by atoms with Gasteiger partial charge >= 0.3 is 0 Å². The quantitative estimate of drug-likeness (QED) is 0.916. The third-order valence-electron chi connectivity index (χ3n) is 4.39. The summed E-state index contributed by atoms with van der Waals surface area (Å²) in [6.45, 7) is 10.5. The molecule has 0 radical (unpaired) electrons. The Balaban J connectivity index is 1.97. The summed E-state index contributed by atoms with van der Waals surface area (Å²) in [7, 11) is 0. The third-order valence-corrected chi connectivity index (χ3v) is 4.39. The highest BCUT2D eigenvalue weighted by Gasteiger charge is 2.25. The van der Waals surface area contributed by atoms with Crippen molar-refractivity contribution in [1.82, 2.24) is 4.90 Å². The molecular formula is C17H26N2O. The number of benzene rings is 1. The molecule has 0 aromatic heterocycles. The lowest BCUT2D eigenvalue weighted by molar-refractivity contribution is -0.121. The Labute approximate surface area is 122 Å². The first kappa shape index (κ1) is 15.0. The van der Waals surface area contributed by atoms with E-state index >= 15 is 0 Å². The van der Waals surface area contributed by atoms with Crippen LogP contribution in [0.15, 0.2) is 18.2 Å². The van der Waals surface area contributed by atoms with Crippen LogP contribution in [0.1, 0.15) is 37.8 Å². The normalized spacial score (nSPS) is 18.8. The second-order valence-corrected chi connectivity index (χ2v) is 6.20. The molecule has 0 saturated carbocycles. The van der Waals surface area contributed by atoms with E-state index in [1.54, 1.807) is 0 Å². The molecule has 1 aromatic carbocycles. The average Bonchev–Trinajstić information content (AvgIpc) is 2.42. The van der Waals surface area contributed by atoms with Crippen molar-refractivity contribution in [2.24, 2.45) is 5.92 Å². The van der Waals surface area contributed by atoms with Crippen LogP contribution < -0.4 is 5.32 Å². The maximum atomic E-state index is 12.4. The number of hydrogen-bond acceptors (Lipinski definition) is 2. The van der Waals surface area contributed by atoms with Gasteiger partial charge in [-0.2, -0.15) is 0 Å². The molecule has 1 atom stereocenters. The fourth-order valence-corrected chi connectivity index (χ4v) is 2.77. The van der Waals surface area contributed by atoms with E-state index in [9.17, 15) is 4.79 Å². The summed E-state index contributed by atoms with van der Waals surface area (Å²) in [6.07, 6.45) is 2.39. The van der Waals surface area contributed by atoms with E-state index in [1.807, 2.05) is 26.0 Å². The smallest absolute Gasteiger partial charge is 0.241 e. The summed E-state index contributed by atoms with van der Waals surface area (Å²) in [5, 5.41) is 3.07. The number of aryl methyl sites for hydroxylation is 2. The molecule has 0 aliphatic carbocycles. The lowest BCUT2D eigenvalue weighted by Gasteiger charge is -2.34. The van der Waals surface area contributed by atoms with Gasteiger partial charge in [0.2, 0.25) is 5.91 Å². The maximum Gasteiger partial charge on any atom is 0.241 e. The second-order valence-electron chi connectivity index (χ2n) is 6.20. The topological polar surface area (TPSA) is 32.3 Å². The van der Waals surface area contributed by atoms with Crippen molar-refractivity contribution in [2.75, 3.05) is 18.4 Å². The van der Waals surface area contributed by atoms with E-state index in [-0.39, 0.29) is 11.9 Å². The van der Waals surface area contributed by atoms with Crippen molar-refractivity contribution in [1.29, 1.82) is 0 Å². The molecule has 1 saturated heterocycles. The van der Waals surface area contributed by atoms with Crippen molar-refractivity contribution in [3.63, 3.8) is 0 Å². The van der Waals surface area contributed by atoms with Crippen LogP contribution in [0.2, 0.25) is 0 Å². The maximum absolute atomic E-state index is 12.4. The fraction of sp³-hybridized carbons (Fsp3) is 0.588. The van der Waals surface area contributed by atoms with Gasteiger partial charge in [0.15, 0.2) is 0 Å². The predicted molar refractivity (Wildman–Crippen MR) is 84.0 cm³/mol. The minimum atomic E-state index is -0.0526. The van der Waals surface area contributed by atoms with E-state index in [1.165, 1.54) is 18.4 Å². The molecule has 1 unspecified atom stereocenters. The fourth-order valence-electron chi connectivity index (χ4n) is 2.77. The van der Waals surface area contributed by atoms with Crippen molar-refractivity contribution < 1.29 is 4.79 Å². The number of nitrogens with zero attached hydrogens (tertiary/aromatic N) is 1. The van der Waals surface area contributed by atoms with E-state index in [0.717, 1.165) is 30.3 Å². The van der Waals surface area contributed by atoms with Gasteiger partial charge in [-0.15, -0.1) is 0 Å². The summed E-state index contributed by atoms with van der Waals surface area (Å²) in [5.74, 6) is 0.896. The van der Waals surface area contributed by atoms with Crippen molar-refractivity contribution in [2.45, 2.75) is 46.6 Å². The van der Waals surface area contributed by atoms with Crippen LogP contribution in [0.5, 0.6) is 0 Å². The van der Waals surface area contributed by atoms with Crippen molar-refractivity contribution in [3.8, 4) is 0 Å². The van der Waals surface area contributed by atoms with Gasteiger partial charge in [0.05, 0.1) is 6.04 Å². The Morgan fingerprint density at radius 2 is 1.95 bits per heavy atom. The lowest BCUT2D eigenvalue weighted by Crippen LogP contribution is -2.45. The molecule has 3 heteroatoms. The summed E-state index contributed by atoms with van der Waals surface area (Å²) >= 11 is 0. The first-order valence-electron chi connectivity index (χ1n) is 7.59. The molecule has 3 nitrogen and oxygen atoms in total. The van der Waals surface area contributed by atoms with E-state index in [0.29, 0.717) is 0 Å². The van der Waals surface area contributed by atoms with Gasteiger partial charge < -0.3 is 5.32 Å². The van der Waals surface area contributed by atoms with Gasteiger partial charge in [-0.1, -0.05) is 24.6 Å². The number of hydrogen-bond donors (Lipinski definition) is 1. The zero-order chi connectivity index (χ0) is 14.7. The van der Waals surface area contributed by atoms with Gasteiger partial charge in [0.25, 0.3) is 0 Å². The van der Waals surface area contributed by atoms with Crippen LogP contribution in [-0.2, 0) is 4.79 Å². The summed E-state index contributed by atoms with van der Waals surface area (Å²) < 4.78 is 0. The number of anilines is 1. The molecule has 1 fully saturated rings. The number of piperidine rings is 1. The summed E-state index contributed by atoms with van der Waals surface area (Å²) in [5.41, 5.74) is 3.27. The van der Waals surface area contributed by atoms with Gasteiger partial charge in [-0.05, 0) is 64.3 Å². The molecule has 1 aliphatic rings. The SMILES string of the molecule is Cc1ccc(NC(=O)C(C)N2CCC(C)CC2)c(C)c1. The molecule has 0 bridgehead atoms. The highest BCUT2D eigenvalue weighted by molar-refractivity contribution is 5.95. The van der Waals surface area contributed by atoms with Crippen LogP contribution in [-0.4, -0.2) is 29.9 Å². The van der Waals surface area contributed by atoms with Gasteiger partial charge in [0, 0.05) is 5.69 Å². The third kappa shape index (κ3) is 3.60. The molecule has 0 spiro atoms. The zero-order valence-electron chi connectivity index (χ0n) is 13.1. The molecule has 1 N–H and O–H groups in total. The lowest BCUT2D eigenvalue weighted by atomic mass is 9.98. The molecule has 2 rings (SSSR count). The summed E-state index contributed by atoms with van der Waals surface area (Å²) in [4.78, 5) is 14.7. The first-order chi connectivity index (χ1) is 9.47. The van der Waals surface area contributed by atoms with Gasteiger partial charge in [-0.25, -0.2) is 0 Å². The number of amides is 1. The van der Waals surface area contributed by atoms with Gasteiger partial charge in [0.1, 0.15) is 0 Å². The van der Waals surface area contributed by atoms with Crippen molar-refractivity contribution >= 4 is 11.6 Å². The number of carbonyl (C=O) groups is 1. The Kier molecular flexibility index (Phi) is 4.81. The molecular weight excluding hydrogens is 248 g/mol. The Morgan fingerprint density at radius 1 is 1.30 bits per heavy atom. The number of rotatable bonds is 3. The second kappa shape index (κ2) is 6.40. The van der Waals surface area contributed by atoms with Crippen LogP contribution >= 0.6 is 0 Å². The molecule has 110 valence electrons. The Hall–Kier alpha value is -1.35. The minimum Gasteiger partial charge on any atom is -0.324 e. The van der Waals surface area contributed by atoms with E-state index < -0.39 is 0 Å².